The van der Waals surface area contributed by atoms with Crippen LogP contribution < -0.4 is 15.6 Å². The van der Waals surface area contributed by atoms with Gasteiger partial charge in [0.25, 0.3) is 17.3 Å². The molecule has 2 fully saturated rings. The van der Waals surface area contributed by atoms with E-state index in [1.54, 1.807) is 0 Å². The molecule has 0 spiro atoms. The SMILES string of the molecule is Cn1c(=O)c(C(=O)NCc2ccc(F)c(F)c2)cc2cnnc(OCC3(S(=O)(=O)C4CC4)CC3)c21. The predicted octanol–water partition coefficient (Wildman–Crippen LogP) is 2.03. The number of hydrogen-bond donors (Lipinski definition) is 1. The highest BCUT2D eigenvalue weighted by molar-refractivity contribution is 7.94. The number of carbonyl (C=O) groups excluding carboxylic acids is 1. The van der Waals surface area contributed by atoms with Gasteiger partial charge in [-0.25, -0.2) is 17.2 Å². The van der Waals surface area contributed by atoms with Gasteiger partial charge in [0, 0.05) is 19.0 Å². The van der Waals surface area contributed by atoms with Gasteiger partial charge in [-0.2, -0.15) is 5.10 Å². The Morgan fingerprint density at radius 2 is 1.97 bits per heavy atom. The van der Waals surface area contributed by atoms with Gasteiger partial charge < -0.3 is 14.6 Å². The lowest BCUT2D eigenvalue weighted by molar-refractivity contribution is 0.0949. The third-order valence-electron chi connectivity index (χ3n) is 6.52. The minimum atomic E-state index is -3.29. The van der Waals surface area contributed by atoms with Crippen LogP contribution in [-0.2, 0) is 23.4 Å². The maximum absolute atomic E-state index is 13.4. The van der Waals surface area contributed by atoms with Crippen molar-refractivity contribution in [1.82, 2.24) is 20.1 Å². The highest BCUT2D eigenvalue weighted by Gasteiger charge is 2.60. The number of fused-ring (bicyclic) bond motifs is 1. The number of ether oxygens (including phenoxy) is 1. The molecule has 0 atom stereocenters. The van der Waals surface area contributed by atoms with E-state index in [1.165, 1.54) is 29.9 Å². The molecule has 0 saturated heterocycles. The normalized spacial score (nSPS) is 16.8. The number of rotatable bonds is 8. The molecule has 9 nitrogen and oxygen atoms in total. The van der Waals surface area contributed by atoms with Crippen LogP contribution in [0.5, 0.6) is 5.88 Å². The average molecular weight is 505 g/mol. The number of sulfone groups is 1. The van der Waals surface area contributed by atoms with Crippen LogP contribution >= 0.6 is 0 Å². The molecule has 5 rings (SSSR count). The van der Waals surface area contributed by atoms with Gasteiger partial charge in [-0.15, -0.1) is 5.10 Å². The standard InChI is InChI=1S/C23H22F2N4O5S/c1-29-19-14(9-16(22(29)31)20(30)26-10-13-2-5-17(24)18(25)8-13)11-27-28-21(19)34-12-23(6-7-23)35(32,33)15-3-4-15/h2,5,8-9,11,15H,3-4,6-7,10,12H2,1H3,(H,26,30). The van der Waals surface area contributed by atoms with Crippen molar-refractivity contribution in [3.05, 3.63) is 63.6 Å². The van der Waals surface area contributed by atoms with E-state index in [4.69, 9.17) is 4.74 Å². The van der Waals surface area contributed by atoms with Crippen LogP contribution in [0.4, 0.5) is 8.78 Å². The minimum Gasteiger partial charge on any atom is -0.473 e. The minimum absolute atomic E-state index is 0.00752. The Balaban J connectivity index is 1.38. The van der Waals surface area contributed by atoms with Gasteiger partial charge >= 0.3 is 0 Å². The summed E-state index contributed by atoms with van der Waals surface area (Å²) in [6.45, 7) is -0.192. The fourth-order valence-electron chi connectivity index (χ4n) is 4.09. The van der Waals surface area contributed by atoms with E-state index >= 15 is 0 Å². The van der Waals surface area contributed by atoms with Gasteiger partial charge in [-0.3, -0.25) is 9.59 Å². The fourth-order valence-corrected chi connectivity index (χ4v) is 6.45. The van der Waals surface area contributed by atoms with E-state index < -0.39 is 37.7 Å². The molecule has 184 valence electrons. The Bertz CT molecular complexity index is 1510. The summed E-state index contributed by atoms with van der Waals surface area (Å²) in [6.07, 6.45) is 3.75. The first-order valence-electron chi connectivity index (χ1n) is 11.1. The molecule has 12 heteroatoms. The molecule has 1 N–H and O–H groups in total. The zero-order chi connectivity index (χ0) is 25.0. The van der Waals surface area contributed by atoms with Crippen LogP contribution in [0.1, 0.15) is 41.6 Å². The summed E-state index contributed by atoms with van der Waals surface area (Å²) in [6, 6.07) is 4.58. The number of carbonyl (C=O) groups is 1. The molecule has 2 aromatic heterocycles. The summed E-state index contributed by atoms with van der Waals surface area (Å²) in [4.78, 5) is 25.6. The van der Waals surface area contributed by atoms with Crippen molar-refractivity contribution in [2.24, 2.45) is 7.05 Å². The number of pyridine rings is 1. The molecule has 2 aliphatic rings. The largest absolute Gasteiger partial charge is 0.473 e. The van der Waals surface area contributed by atoms with Crippen molar-refractivity contribution < 1.29 is 26.7 Å². The number of halogens is 2. The Morgan fingerprint density at radius 3 is 2.63 bits per heavy atom. The Kier molecular flexibility index (Phi) is 5.58. The van der Waals surface area contributed by atoms with Crippen molar-refractivity contribution in [3.8, 4) is 5.88 Å². The van der Waals surface area contributed by atoms with E-state index in [9.17, 15) is 26.8 Å². The van der Waals surface area contributed by atoms with E-state index in [-0.39, 0.29) is 35.4 Å². The number of aromatic nitrogens is 3. The first kappa shape index (κ1) is 23.3. The first-order chi connectivity index (χ1) is 16.6. The quantitative estimate of drug-likeness (QED) is 0.498. The van der Waals surface area contributed by atoms with Gasteiger partial charge in [-0.05, 0) is 49.4 Å². The predicted molar refractivity (Wildman–Crippen MR) is 122 cm³/mol. The third-order valence-corrected chi connectivity index (χ3v) is 9.60. The van der Waals surface area contributed by atoms with Gasteiger partial charge in [-0.1, -0.05) is 6.07 Å². The third kappa shape index (κ3) is 4.15. The molecule has 3 aromatic rings. The maximum Gasteiger partial charge on any atom is 0.263 e. The lowest BCUT2D eigenvalue weighted by Gasteiger charge is -2.17. The average Bonchev–Trinajstić information content (AvgIpc) is 3.74. The number of aryl methyl sites for hydroxylation is 1. The van der Waals surface area contributed by atoms with Crippen LogP contribution in [0.2, 0.25) is 0 Å². The Labute approximate surface area is 199 Å². The zero-order valence-corrected chi connectivity index (χ0v) is 19.6. The molecule has 0 unspecified atom stereocenters. The second-order valence-corrected chi connectivity index (χ2v) is 11.6. The number of benzene rings is 1. The molecule has 2 aliphatic carbocycles. The van der Waals surface area contributed by atoms with E-state index in [0.29, 0.717) is 36.6 Å². The summed E-state index contributed by atoms with van der Waals surface area (Å²) in [5.41, 5.74) is -0.213. The molecule has 2 heterocycles. The highest BCUT2D eigenvalue weighted by Crippen LogP contribution is 2.50. The zero-order valence-electron chi connectivity index (χ0n) is 18.8. The Hall–Kier alpha value is -3.41. The molecule has 35 heavy (non-hydrogen) atoms. The number of nitrogens with zero attached hydrogens (tertiary/aromatic N) is 3. The second kappa shape index (κ2) is 8.36. The van der Waals surface area contributed by atoms with Gasteiger partial charge in [0.15, 0.2) is 21.5 Å². The second-order valence-electron chi connectivity index (χ2n) is 9.02. The van der Waals surface area contributed by atoms with Crippen molar-refractivity contribution in [3.63, 3.8) is 0 Å². The summed E-state index contributed by atoms with van der Waals surface area (Å²) < 4.78 is 58.1. The monoisotopic (exact) mass is 504 g/mol. The first-order valence-corrected chi connectivity index (χ1v) is 12.6. The molecule has 0 radical (unpaired) electrons. The van der Waals surface area contributed by atoms with Crippen molar-refractivity contribution in [2.45, 2.75) is 42.2 Å². The summed E-state index contributed by atoms with van der Waals surface area (Å²) in [5.74, 6) is -2.74. The molecular formula is C23H22F2N4O5S. The van der Waals surface area contributed by atoms with Crippen LogP contribution in [0.15, 0.2) is 35.3 Å². The maximum atomic E-state index is 13.4. The molecule has 1 aromatic carbocycles. The van der Waals surface area contributed by atoms with Crippen molar-refractivity contribution in [1.29, 1.82) is 0 Å². The van der Waals surface area contributed by atoms with E-state index in [0.717, 1.165) is 12.1 Å². The molecule has 1 amide bonds. The molecular weight excluding hydrogens is 482 g/mol. The fraction of sp³-hybridized carbons (Fsp3) is 0.391. The molecule has 0 bridgehead atoms. The summed E-state index contributed by atoms with van der Waals surface area (Å²) in [5, 5.41) is 10.4. The lowest BCUT2D eigenvalue weighted by Crippen LogP contribution is -2.34. The van der Waals surface area contributed by atoms with Crippen LogP contribution in [0.25, 0.3) is 10.9 Å². The van der Waals surface area contributed by atoms with Crippen molar-refractivity contribution in [2.75, 3.05) is 6.61 Å². The van der Waals surface area contributed by atoms with Crippen LogP contribution in [-0.4, -0.2) is 45.7 Å². The van der Waals surface area contributed by atoms with Crippen LogP contribution in [0.3, 0.4) is 0 Å². The smallest absolute Gasteiger partial charge is 0.263 e. The van der Waals surface area contributed by atoms with Gasteiger partial charge in [0.1, 0.15) is 22.4 Å². The summed E-state index contributed by atoms with van der Waals surface area (Å²) >= 11 is 0. The number of nitrogens with one attached hydrogen (secondary N) is 1. The summed E-state index contributed by atoms with van der Waals surface area (Å²) in [7, 11) is -1.84. The van der Waals surface area contributed by atoms with Crippen molar-refractivity contribution >= 4 is 26.6 Å². The Morgan fingerprint density at radius 1 is 1.23 bits per heavy atom. The lowest BCUT2D eigenvalue weighted by atomic mass is 10.1. The van der Waals surface area contributed by atoms with E-state index in [2.05, 4.69) is 15.5 Å². The molecule has 2 saturated carbocycles. The van der Waals surface area contributed by atoms with E-state index in [1.807, 2.05) is 0 Å². The number of hydrogen-bond acceptors (Lipinski definition) is 7. The highest BCUT2D eigenvalue weighted by atomic mass is 32.2. The van der Waals surface area contributed by atoms with Crippen LogP contribution in [0, 0.1) is 11.6 Å². The topological polar surface area (TPSA) is 120 Å². The molecule has 0 aliphatic heterocycles. The van der Waals surface area contributed by atoms with Gasteiger partial charge in [0.05, 0.1) is 11.4 Å². The van der Waals surface area contributed by atoms with Gasteiger partial charge in [0.2, 0.25) is 0 Å². The number of amides is 1.